The third-order valence-electron chi connectivity index (χ3n) is 2.79. The van der Waals surface area contributed by atoms with E-state index in [4.69, 9.17) is 0 Å². The van der Waals surface area contributed by atoms with E-state index in [-0.39, 0.29) is 18.0 Å². The van der Waals surface area contributed by atoms with E-state index < -0.39 is 0 Å². The Bertz CT molecular complexity index is 388. The highest BCUT2D eigenvalue weighted by molar-refractivity contribution is 6.07. The molecular formula is C15H20O2. The molecule has 0 N–H and O–H groups in total. The van der Waals surface area contributed by atoms with Crippen LogP contribution >= 0.6 is 0 Å². The van der Waals surface area contributed by atoms with Gasteiger partial charge in [0.05, 0.1) is 6.42 Å². The maximum atomic E-state index is 11.8. The highest BCUT2D eigenvalue weighted by Crippen LogP contribution is 2.15. The molecule has 0 spiro atoms. The van der Waals surface area contributed by atoms with Gasteiger partial charge in [0.1, 0.15) is 5.78 Å². The Morgan fingerprint density at radius 2 is 1.71 bits per heavy atom. The van der Waals surface area contributed by atoms with E-state index in [9.17, 15) is 9.59 Å². The molecule has 0 amide bonds. The first kappa shape index (κ1) is 13.6. The van der Waals surface area contributed by atoms with Crippen molar-refractivity contribution in [2.24, 2.45) is 0 Å². The van der Waals surface area contributed by atoms with Crippen LogP contribution in [0, 0.1) is 0 Å². The predicted molar refractivity (Wildman–Crippen MR) is 69.4 cm³/mol. The SMILES string of the molecule is CCCC(=O)CC(=O)c1ccc(C(C)C)cc1. The van der Waals surface area contributed by atoms with Gasteiger partial charge in [-0.2, -0.15) is 0 Å². The smallest absolute Gasteiger partial charge is 0.170 e. The van der Waals surface area contributed by atoms with Gasteiger partial charge in [-0.1, -0.05) is 45.0 Å². The van der Waals surface area contributed by atoms with Gasteiger partial charge in [-0.15, -0.1) is 0 Å². The molecule has 0 aliphatic heterocycles. The van der Waals surface area contributed by atoms with Gasteiger partial charge in [0.2, 0.25) is 0 Å². The summed E-state index contributed by atoms with van der Waals surface area (Å²) >= 11 is 0. The summed E-state index contributed by atoms with van der Waals surface area (Å²) in [6.07, 6.45) is 1.34. The van der Waals surface area contributed by atoms with Crippen LogP contribution in [0.15, 0.2) is 24.3 Å². The number of carbonyl (C=O) groups excluding carboxylic acids is 2. The lowest BCUT2D eigenvalue weighted by atomic mass is 9.98. The minimum Gasteiger partial charge on any atom is -0.299 e. The molecule has 0 heterocycles. The second-order valence-electron chi connectivity index (χ2n) is 4.67. The van der Waals surface area contributed by atoms with E-state index in [2.05, 4.69) is 13.8 Å². The molecule has 0 bridgehead atoms. The fourth-order valence-electron chi connectivity index (χ4n) is 1.70. The molecular weight excluding hydrogens is 212 g/mol. The molecule has 0 aliphatic rings. The summed E-state index contributed by atoms with van der Waals surface area (Å²) in [6, 6.07) is 7.55. The van der Waals surface area contributed by atoms with Gasteiger partial charge in [0, 0.05) is 12.0 Å². The summed E-state index contributed by atoms with van der Waals surface area (Å²) in [7, 11) is 0. The Morgan fingerprint density at radius 1 is 1.12 bits per heavy atom. The molecule has 0 saturated carbocycles. The topological polar surface area (TPSA) is 34.1 Å². The molecule has 1 aromatic carbocycles. The van der Waals surface area contributed by atoms with Gasteiger partial charge < -0.3 is 0 Å². The lowest BCUT2D eigenvalue weighted by Crippen LogP contribution is -2.07. The summed E-state index contributed by atoms with van der Waals surface area (Å²) in [5.41, 5.74) is 1.85. The third kappa shape index (κ3) is 4.14. The number of ketones is 2. The van der Waals surface area contributed by atoms with Gasteiger partial charge in [-0.05, 0) is 17.9 Å². The Balaban J connectivity index is 2.67. The zero-order valence-corrected chi connectivity index (χ0v) is 10.8. The van der Waals surface area contributed by atoms with Gasteiger partial charge in [-0.25, -0.2) is 0 Å². The van der Waals surface area contributed by atoms with Crippen molar-refractivity contribution < 1.29 is 9.59 Å². The van der Waals surface area contributed by atoms with Crippen molar-refractivity contribution in [2.45, 2.75) is 46.0 Å². The zero-order chi connectivity index (χ0) is 12.8. The van der Waals surface area contributed by atoms with Crippen molar-refractivity contribution in [3.05, 3.63) is 35.4 Å². The maximum Gasteiger partial charge on any atom is 0.170 e. The van der Waals surface area contributed by atoms with Crippen molar-refractivity contribution in [3.63, 3.8) is 0 Å². The van der Waals surface area contributed by atoms with E-state index in [0.717, 1.165) is 6.42 Å². The summed E-state index contributed by atoms with van der Waals surface area (Å²) < 4.78 is 0. The van der Waals surface area contributed by atoms with Crippen molar-refractivity contribution >= 4 is 11.6 Å². The van der Waals surface area contributed by atoms with Crippen LogP contribution in [0.1, 0.15) is 61.9 Å². The van der Waals surface area contributed by atoms with E-state index in [1.165, 1.54) is 5.56 Å². The van der Waals surface area contributed by atoms with E-state index in [1.54, 1.807) is 0 Å². The first-order chi connectivity index (χ1) is 8.04. The summed E-state index contributed by atoms with van der Waals surface area (Å²) in [6.45, 7) is 6.17. The highest BCUT2D eigenvalue weighted by Gasteiger charge is 2.11. The molecule has 0 fully saturated rings. The van der Waals surface area contributed by atoms with Gasteiger partial charge in [0.25, 0.3) is 0 Å². The third-order valence-corrected chi connectivity index (χ3v) is 2.79. The highest BCUT2D eigenvalue weighted by atomic mass is 16.1. The predicted octanol–water partition coefficient (Wildman–Crippen LogP) is 3.75. The first-order valence-corrected chi connectivity index (χ1v) is 6.19. The number of hydrogen-bond donors (Lipinski definition) is 0. The van der Waals surface area contributed by atoms with Crippen LogP contribution in [-0.2, 0) is 4.79 Å². The lowest BCUT2D eigenvalue weighted by molar-refractivity contribution is -0.118. The minimum atomic E-state index is -0.0706. The fourth-order valence-corrected chi connectivity index (χ4v) is 1.70. The molecule has 0 atom stereocenters. The fraction of sp³-hybridized carbons (Fsp3) is 0.467. The first-order valence-electron chi connectivity index (χ1n) is 6.19. The summed E-state index contributed by atoms with van der Waals surface area (Å²) in [4.78, 5) is 23.2. The van der Waals surface area contributed by atoms with Crippen LogP contribution in [0.5, 0.6) is 0 Å². The van der Waals surface area contributed by atoms with Crippen molar-refractivity contribution in [2.75, 3.05) is 0 Å². The van der Waals surface area contributed by atoms with Crippen LogP contribution in [0.4, 0.5) is 0 Å². The standard InChI is InChI=1S/C15H20O2/c1-4-5-14(16)10-15(17)13-8-6-12(7-9-13)11(2)3/h6-9,11H,4-5,10H2,1-3H3. The van der Waals surface area contributed by atoms with Crippen LogP contribution in [0.3, 0.4) is 0 Å². The molecule has 0 aliphatic carbocycles. The van der Waals surface area contributed by atoms with E-state index >= 15 is 0 Å². The van der Waals surface area contributed by atoms with Crippen molar-refractivity contribution in [3.8, 4) is 0 Å². The van der Waals surface area contributed by atoms with Crippen LogP contribution < -0.4 is 0 Å². The molecule has 0 aromatic heterocycles. The second-order valence-corrected chi connectivity index (χ2v) is 4.67. The average Bonchev–Trinajstić information content (AvgIpc) is 2.29. The monoisotopic (exact) mass is 232 g/mol. The van der Waals surface area contributed by atoms with Crippen LogP contribution in [-0.4, -0.2) is 11.6 Å². The molecule has 2 heteroatoms. The Morgan fingerprint density at radius 3 is 2.18 bits per heavy atom. The molecule has 17 heavy (non-hydrogen) atoms. The minimum absolute atomic E-state index is 0.0328. The molecule has 0 unspecified atom stereocenters. The molecule has 2 nitrogen and oxygen atoms in total. The molecule has 1 rings (SSSR count). The lowest BCUT2D eigenvalue weighted by Gasteiger charge is -2.06. The van der Waals surface area contributed by atoms with Gasteiger partial charge >= 0.3 is 0 Å². The van der Waals surface area contributed by atoms with Crippen molar-refractivity contribution in [1.29, 1.82) is 0 Å². The molecule has 92 valence electrons. The van der Waals surface area contributed by atoms with E-state index in [1.807, 2.05) is 31.2 Å². The normalized spacial score (nSPS) is 10.6. The van der Waals surface area contributed by atoms with E-state index in [0.29, 0.717) is 17.9 Å². The summed E-state index contributed by atoms with van der Waals surface area (Å²) in [5, 5.41) is 0. The Labute approximate surface area is 103 Å². The average molecular weight is 232 g/mol. The summed E-state index contributed by atoms with van der Waals surface area (Å²) in [5.74, 6) is 0.421. The maximum absolute atomic E-state index is 11.8. The molecule has 0 saturated heterocycles. The number of Topliss-reactive ketones (excluding diaryl/α,β-unsaturated/α-hetero) is 2. The zero-order valence-electron chi connectivity index (χ0n) is 10.8. The molecule has 0 radical (unpaired) electrons. The Hall–Kier alpha value is -1.44. The Kier molecular flexibility index (Phi) is 5.08. The van der Waals surface area contributed by atoms with Gasteiger partial charge in [0.15, 0.2) is 5.78 Å². The van der Waals surface area contributed by atoms with Crippen LogP contribution in [0.25, 0.3) is 0 Å². The number of carbonyl (C=O) groups is 2. The number of rotatable bonds is 6. The van der Waals surface area contributed by atoms with Crippen LogP contribution in [0.2, 0.25) is 0 Å². The second kappa shape index (κ2) is 6.33. The largest absolute Gasteiger partial charge is 0.299 e. The molecule has 1 aromatic rings. The number of hydrogen-bond acceptors (Lipinski definition) is 2. The van der Waals surface area contributed by atoms with Crippen molar-refractivity contribution in [1.82, 2.24) is 0 Å². The number of benzene rings is 1. The van der Waals surface area contributed by atoms with Gasteiger partial charge in [-0.3, -0.25) is 9.59 Å². The quantitative estimate of drug-likeness (QED) is 0.553.